The summed E-state index contributed by atoms with van der Waals surface area (Å²) in [7, 11) is 4.14. The van der Waals surface area contributed by atoms with E-state index in [2.05, 4.69) is 34.2 Å². The summed E-state index contributed by atoms with van der Waals surface area (Å²) in [5.41, 5.74) is 0.430. The van der Waals surface area contributed by atoms with E-state index in [9.17, 15) is 4.79 Å². The predicted molar refractivity (Wildman–Crippen MR) is 96.6 cm³/mol. The number of nitrogens with one attached hydrogen (secondary N) is 1. The molecule has 0 spiro atoms. The number of aromatic nitrogens is 1. The number of likely N-dealkylation sites (N-methyl/N-ethyl adjacent to an activating group) is 2. The number of pyridine rings is 1. The second-order valence-corrected chi connectivity index (χ2v) is 7.14. The van der Waals surface area contributed by atoms with Crippen LogP contribution in [0.25, 0.3) is 0 Å². The molecule has 0 saturated carbocycles. The number of likely N-dealkylation sites (tertiary alicyclic amines) is 2. The van der Waals surface area contributed by atoms with Crippen molar-refractivity contribution < 1.29 is 14.3 Å². The Labute approximate surface area is 153 Å². The lowest BCUT2D eigenvalue weighted by Gasteiger charge is -2.38. The van der Waals surface area contributed by atoms with Gasteiger partial charge in [0, 0.05) is 25.1 Å². The summed E-state index contributed by atoms with van der Waals surface area (Å²) in [4.78, 5) is 20.1. The molecule has 0 radical (unpaired) electrons. The molecule has 2 fully saturated rings. The number of amides is 1. The topological polar surface area (TPSA) is 66.9 Å². The molecule has 3 heterocycles. The van der Waals surface area contributed by atoms with Gasteiger partial charge in [0.25, 0.3) is 5.88 Å². The Hall–Kier alpha value is -1.57. The third-order valence-electron chi connectivity index (χ3n) is 4.94. The molecular weight excluding hydrogens is 344 g/mol. The first-order valence-corrected chi connectivity index (χ1v) is 8.96. The van der Waals surface area contributed by atoms with Crippen LogP contribution in [0.4, 0.5) is 5.69 Å². The van der Waals surface area contributed by atoms with E-state index in [4.69, 9.17) is 21.1 Å². The third kappa shape index (κ3) is 4.34. The molecule has 0 aliphatic carbocycles. The summed E-state index contributed by atoms with van der Waals surface area (Å²) in [5.74, 6) is 0.676. The monoisotopic (exact) mass is 368 g/mol. The van der Waals surface area contributed by atoms with Crippen LogP contribution in [-0.4, -0.2) is 73.2 Å². The lowest BCUT2D eigenvalue weighted by molar-refractivity contribution is -0.114. The molecule has 138 valence electrons. The Morgan fingerprint density at radius 3 is 2.32 bits per heavy atom. The maximum atomic E-state index is 11.3. The zero-order valence-electron chi connectivity index (χ0n) is 14.9. The minimum absolute atomic E-state index is 0.195. The number of carbonyl (C=O) groups is 1. The van der Waals surface area contributed by atoms with E-state index in [1.54, 1.807) is 6.07 Å². The van der Waals surface area contributed by atoms with Crippen LogP contribution in [0.2, 0.25) is 5.15 Å². The van der Waals surface area contributed by atoms with Gasteiger partial charge in [-0.3, -0.25) is 14.6 Å². The molecule has 0 bridgehead atoms. The molecule has 1 aromatic heterocycles. The van der Waals surface area contributed by atoms with Crippen molar-refractivity contribution in [2.75, 3.05) is 45.7 Å². The van der Waals surface area contributed by atoms with Crippen LogP contribution in [-0.2, 0) is 4.79 Å². The Balaban J connectivity index is 1.72. The van der Waals surface area contributed by atoms with Crippen molar-refractivity contribution >= 4 is 23.2 Å². The summed E-state index contributed by atoms with van der Waals surface area (Å²) >= 11 is 6.18. The van der Waals surface area contributed by atoms with Crippen LogP contribution in [0.5, 0.6) is 11.6 Å². The molecule has 0 aromatic carbocycles. The first-order valence-electron chi connectivity index (χ1n) is 8.58. The smallest absolute Gasteiger partial charge is 0.258 e. The number of halogens is 1. The third-order valence-corrected chi connectivity index (χ3v) is 5.23. The number of anilines is 1. The van der Waals surface area contributed by atoms with Gasteiger partial charge in [0.2, 0.25) is 5.91 Å². The van der Waals surface area contributed by atoms with Gasteiger partial charge in [0.05, 0.1) is 5.69 Å². The summed E-state index contributed by atoms with van der Waals surface area (Å²) in [6, 6.07) is 2.47. The molecule has 3 rings (SSSR count). The second-order valence-electron chi connectivity index (χ2n) is 6.78. The summed E-state index contributed by atoms with van der Waals surface area (Å²) in [5, 5.41) is 2.87. The molecule has 2 aliphatic heterocycles. The molecule has 7 nitrogen and oxygen atoms in total. The standard InChI is InChI=1S/C17H25ClN4O3/c1-11(23)19-14-8-15(24-9-12-4-6-21(12)2)17(20-16(14)18)25-10-13-5-7-22(13)3/h8,12-13H,4-7,9-10H2,1-3H3,(H,19,23)/t12-,13-/m1/s1. The van der Waals surface area contributed by atoms with Crippen LogP contribution in [0.3, 0.4) is 0 Å². The van der Waals surface area contributed by atoms with E-state index in [1.165, 1.54) is 6.92 Å². The van der Waals surface area contributed by atoms with Crippen LogP contribution in [0, 0.1) is 0 Å². The van der Waals surface area contributed by atoms with Gasteiger partial charge in [-0.1, -0.05) is 11.6 Å². The normalized spacial score (nSPS) is 23.5. The van der Waals surface area contributed by atoms with Gasteiger partial charge in [-0.15, -0.1) is 0 Å². The molecule has 2 atom stereocenters. The van der Waals surface area contributed by atoms with Crippen LogP contribution < -0.4 is 14.8 Å². The van der Waals surface area contributed by atoms with Crippen molar-refractivity contribution in [3.05, 3.63) is 11.2 Å². The fourth-order valence-corrected chi connectivity index (χ4v) is 3.04. The van der Waals surface area contributed by atoms with Crippen LogP contribution >= 0.6 is 11.6 Å². The maximum absolute atomic E-state index is 11.3. The SMILES string of the molecule is CC(=O)Nc1cc(OC[C@H]2CCN2C)c(OC[C@H]2CCN2C)nc1Cl. The zero-order chi connectivity index (χ0) is 18.0. The van der Waals surface area contributed by atoms with Gasteiger partial charge in [-0.05, 0) is 40.0 Å². The van der Waals surface area contributed by atoms with E-state index in [1.807, 2.05) is 0 Å². The van der Waals surface area contributed by atoms with Crippen molar-refractivity contribution in [2.45, 2.75) is 31.8 Å². The van der Waals surface area contributed by atoms with Crippen molar-refractivity contribution in [3.63, 3.8) is 0 Å². The molecule has 1 amide bonds. The lowest BCUT2D eigenvalue weighted by atomic mass is 10.1. The van der Waals surface area contributed by atoms with Crippen LogP contribution in [0.15, 0.2) is 6.07 Å². The van der Waals surface area contributed by atoms with Gasteiger partial charge < -0.3 is 14.8 Å². The zero-order valence-corrected chi connectivity index (χ0v) is 15.7. The quantitative estimate of drug-likeness (QED) is 0.741. The molecule has 1 aromatic rings. The van der Waals surface area contributed by atoms with Crippen molar-refractivity contribution in [2.24, 2.45) is 0 Å². The Bertz CT molecular complexity index is 643. The second kappa shape index (κ2) is 7.76. The fourth-order valence-electron chi connectivity index (χ4n) is 2.86. The van der Waals surface area contributed by atoms with Gasteiger partial charge in [-0.2, -0.15) is 4.98 Å². The van der Waals surface area contributed by atoms with Crippen molar-refractivity contribution in [1.29, 1.82) is 0 Å². The average Bonchev–Trinajstić information content (AvgIpc) is 2.55. The van der Waals surface area contributed by atoms with E-state index < -0.39 is 0 Å². The van der Waals surface area contributed by atoms with Gasteiger partial charge in [-0.25, -0.2) is 0 Å². The molecule has 2 aliphatic rings. The van der Waals surface area contributed by atoms with E-state index >= 15 is 0 Å². The Kier molecular flexibility index (Phi) is 5.66. The number of nitrogens with zero attached hydrogens (tertiary/aromatic N) is 3. The fraction of sp³-hybridized carbons (Fsp3) is 0.647. The average molecular weight is 369 g/mol. The van der Waals surface area contributed by atoms with E-state index in [0.29, 0.717) is 42.6 Å². The van der Waals surface area contributed by atoms with E-state index in [-0.39, 0.29) is 11.1 Å². The molecule has 8 heteroatoms. The predicted octanol–water partition coefficient (Wildman–Crippen LogP) is 1.86. The lowest BCUT2D eigenvalue weighted by Crippen LogP contribution is -2.48. The number of carbonyl (C=O) groups excluding carboxylic acids is 1. The molecule has 25 heavy (non-hydrogen) atoms. The summed E-state index contributed by atoms with van der Waals surface area (Å²) in [6.45, 7) is 4.69. The minimum atomic E-state index is -0.210. The number of rotatable bonds is 7. The highest BCUT2D eigenvalue weighted by atomic mass is 35.5. The Morgan fingerprint density at radius 2 is 1.84 bits per heavy atom. The summed E-state index contributed by atoms with van der Waals surface area (Å²) < 4.78 is 11.8. The molecule has 1 N–H and O–H groups in total. The van der Waals surface area contributed by atoms with Crippen LogP contribution in [0.1, 0.15) is 19.8 Å². The number of hydrogen-bond donors (Lipinski definition) is 1. The minimum Gasteiger partial charge on any atom is -0.486 e. The summed E-state index contributed by atoms with van der Waals surface area (Å²) in [6.07, 6.45) is 2.22. The number of hydrogen-bond acceptors (Lipinski definition) is 6. The molecule has 2 saturated heterocycles. The Morgan fingerprint density at radius 1 is 1.24 bits per heavy atom. The highest BCUT2D eigenvalue weighted by molar-refractivity contribution is 6.32. The number of ether oxygens (including phenoxy) is 2. The molecule has 0 unspecified atom stereocenters. The molecular formula is C17H25ClN4O3. The highest BCUT2D eigenvalue weighted by Gasteiger charge is 2.27. The first kappa shape index (κ1) is 18.2. The van der Waals surface area contributed by atoms with E-state index in [0.717, 1.165) is 25.9 Å². The van der Waals surface area contributed by atoms with Crippen molar-refractivity contribution in [3.8, 4) is 11.6 Å². The highest BCUT2D eigenvalue weighted by Crippen LogP contribution is 2.34. The maximum Gasteiger partial charge on any atom is 0.258 e. The van der Waals surface area contributed by atoms with Gasteiger partial charge in [0.15, 0.2) is 10.9 Å². The van der Waals surface area contributed by atoms with Gasteiger partial charge in [0.1, 0.15) is 13.2 Å². The largest absolute Gasteiger partial charge is 0.486 e. The van der Waals surface area contributed by atoms with Gasteiger partial charge >= 0.3 is 0 Å². The first-order chi connectivity index (χ1) is 11.9. The van der Waals surface area contributed by atoms with Crippen molar-refractivity contribution in [1.82, 2.24) is 14.8 Å².